The standard InChI is InChI=1S/C18H27FN2O/c1-14(12-16-7-5-8-17(19)13-16)18(22)20-9-11-21-10-4-3-6-15(21)2/h5,7-8,13-15H,3-4,6,9-12H2,1-2H3,(H,20,22)/t14-,15+/m1/s1. The van der Waals surface area contributed by atoms with E-state index in [1.807, 2.05) is 13.0 Å². The zero-order valence-electron chi connectivity index (χ0n) is 13.6. The number of rotatable bonds is 6. The predicted molar refractivity (Wildman–Crippen MR) is 87.2 cm³/mol. The lowest BCUT2D eigenvalue weighted by molar-refractivity contribution is -0.124. The smallest absolute Gasteiger partial charge is 0.223 e. The molecule has 1 heterocycles. The highest BCUT2D eigenvalue weighted by atomic mass is 19.1. The van der Waals surface area contributed by atoms with Crippen LogP contribution in [0.15, 0.2) is 24.3 Å². The number of benzene rings is 1. The minimum atomic E-state index is -0.246. The molecule has 0 radical (unpaired) electrons. The van der Waals surface area contributed by atoms with Crippen molar-refractivity contribution in [1.82, 2.24) is 10.2 Å². The number of hydrogen-bond acceptors (Lipinski definition) is 2. The predicted octanol–water partition coefficient (Wildman–Crippen LogP) is 2.99. The van der Waals surface area contributed by atoms with E-state index in [1.54, 1.807) is 6.07 Å². The molecule has 1 fully saturated rings. The summed E-state index contributed by atoms with van der Waals surface area (Å²) in [4.78, 5) is 14.6. The lowest BCUT2D eigenvalue weighted by Crippen LogP contribution is -2.43. The fourth-order valence-electron chi connectivity index (χ4n) is 3.10. The van der Waals surface area contributed by atoms with Crippen molar-refractivity contribution in [2.45, 2.75) is 45.6 Å². The van der Waals surface area contributed by atoms with Crippen LogP contribution in [0.4, 0.5) is 4.39 Å². The first-order chi connectivity index (χ1) is 10.6. The molecule has 1 N–H and O–H groups in total. The third-order valence-electron chi connectivity index (χ3n) is 4.52. The molecule has 1 aromatic rings. The maximum absolute atomic E-state index is 13.2. The number of piperidine rings is 1. The van der Waals surface area contributed by atoms with Gasteiger partial charge in [-0.15, -0.1) is 0 Å². The van der Waals surface area contributed by atoms with Crippen molar-refractivity contribution in [3.8, 4) is 0 Å². The van der Waals surface area contributed by atoms with E-state index in [0.29, 0.717) is 19.0 Å². The highest BCUT2D eigenvalue weighted by Crippen LogP contribution is 2.15. The SMILES string of the molecule is C[C@H](Cc1cccc(F)c1)C(=O)NCCN1CCCC[C@@H]1C. The van der Waals surface area contributed by atoms with E-state index in [4.69, 9.17) is 0 Å². The van der Waals surface area contributed by atoms with Crippen molar-refractivity contribution < 1.29 is 9.18 Å². The number of carbonyl (C=O) groups excluding carboxylic acids is 1. The summed E-state index contributed by atoms with van der Waals surface area (Å²) in [6.07, 6.45) is 4.40. The maximum atomic E-state index is 13.2. The van der Waals surface area contributed by atoms with E-state index in [9.17, 15) is 9.18 Å². The maximum Gasteiger partial charge on any atom is 0.223 e. The number of hydrogen-bond donors (Lipinski definition) is 1. The minimum Gasteiger partial charge on any atom is -0.355 e. The van der Waals surface area contributed by atoms with Gasteiger partial charge in [-0.1, -0.05) is 25.5 Å². The van der Waals surface area contributed by atoms with E-state index in [2.05, 4.69) is 17.1 Å². The Labute approximate surface area is 132 Å². The molecule has 0 aliphatic carbocycles. The Morgan fingerprint density at radius 3 is 3.00 bits per heavy atom. The van der Waals surface area contributed by atoms with Gasteiger partial charge < -0.3 is 5.32 Å². The van der Waals surface area contributed by atoms with Gasteiger partial charge in [0.2, 0.25) is 5.91 Å². The Hall–Kier alpha value is -1.42. The zero-order chi connectivity index (χ0) is 15.9. The third kappa shape index (κ3) is 5.09. The molecule has 1 amide bonds. The van der Waals surface area contributed by atoms with Gasteiger partial charge in [0.05, 0.1) is 0 Å². The monoisotopic (exact) mass is 306 g/mol. The van der Waals surface area contributed by atoms with Crippen molar-refractivity contribution in [2.75, 3.05) is 19.6 Å². The van der Waals surface area contributed by atoms with E-state index >= 15 is 0 Å². The third-order valence-corrected chi connectivity index (χ3v) is 4.52. The highest BCUT2D eigenvalue weighted by Gasteiger charge is 2.18. The van der Waals surface area contributed by atoms with Crippen LogP contribution in [0.5, 0.6) is 0 Å². The summed E-state index contributed by atoms with van der Waals surface area (Å²) in [5.41, 5.74) is 0.868. The van der Waals surface area contributed by atoms with E-state index in [1.165, 1.54) is 31.4 Å². The molecule has 0 unspecified atom stereocenters. The Kier molecular flexibility index (Phi) is 6.37. The quantitative estimate of drug-likeness (QED) is 0.876. The molecule has 0 bridgehead atoms. The molecule has 0 aromatic heterocycles. The molecule has 1 aliphatic heterocycles. The van der Waals surface area contributed by atoms with Gasteiger partial charge in [-0.05, 0) is 50.4 Å². The summed E-state index contributed by atoms with van der Waals surface area (Å²) < 4.78 is 13.2. The van der Waals surface area contributed by atoms with Crippen LogP contribution >= 0.6 is 0 Å². The Bertz CT molecular complexity index is 492. The van der Waals surface area contributed by atoms with Crippen molar-refractivity contribution >= 4 is 5.91 Å². The summed E-state index contributed by atoms with van der Waals surface area (Å²) in [5, 5.41) is 3.01. The Morgan fingerprint density at radius 2 is 2.27 bits per heavy atom. The lowest BCUT2D eigenvalue weighted by atomic mass is 10.0. The topological polar surface area (TPSA) is 32.3 Å². The highest BCUT2D eigenvalue weighted by molar-refractivity contribution is 5.78. The van der Waals surface area contributed by atoms with Crippen molar-refractivity contribution in [3.05, 3.63) is 35.6 Å². The van der Waals surface area contributed by atoms with Gasteiger partial charge in [0.1, 0.15) is 5.82 Å². The molecular weight excluding hydrogens is 279 g/mol. The second-order valence-corrected chi connectivity index (χ2v) is 6.41. The van der Waals surface area contributed by atoms with Gasteiger partial charge in [0.25, 0.3) is 0 Å². The molecule has 0 spiro atoms. The number of amides is 1. The molecule has 1 aromatic carbocycles. The van der Waals surface area contributed by atoms with Gasteiger partial charge in [0.15, 0.2) is 0 Å². The Morgan fingerprint density at radius 1 is 1.45 bits per heavy atom. The molecule has 1 aliphatic rings. The van der Waals surface area contributed by atoms with Crippen LogP contribution in [0.2, 0.25) is 0 Å². The van der Waals surface area contributed by atoms with E-state index in [-0.39, 0.29) is 17.6 Å². The summed E-state index contributed by atoms with van der Waals surface area (Å²) >= 11 is 0. The van der Waals surface area contributed by atoms with Crippen molar-refractivity contribution in [3.63, 3.8) is 0 Å². The summed E-state index contributed by atoms with van der Waals surface area (Å²) in [7, 11) is 0. The van der Waals surface area contributed by atoms with Gasteiger partial charge in [-0.2, -0.15) is 0 Å². The second-order valence-electron chi connectivity index (χ2n) is 6.41. The molecular formula is C18H27FN2O. The van der Waals surface area contributed by atoms with Crippen LogP contribution in [0.1, 0.15) is 38.7 Å². The van der Waals surface area contributed by atoms with Crippen molar-refractivity contribution in [2.24, 2.45) is 5.92 Å². The molecule has 0 saturated carbocycles. The molecule has 2 atom stereocenters. The first-order valence-corrected chi connectivity index (χ1v) is 8.32. The van der Waals surface area contributed by atoms with Crippen LogP contribution in [0.25, 0.3) is 0 Å². The average molecular weight is 306 g/mol. The van der Waals surface area contributed by atoms with Crippen LogP contribution in [0.3, 0.4) is 0 Å². The number of nitrogens with zero attached hydrogens (tertiary/aromatic N) is 1. The molecule has 4 heteroatoms. The fraction of sp³-hybridized carbons (Fsp3) is 0.611. The average Bonchev–Trinajstić information content (AvgIpc) is 2.49. The summed E-state index contributed by atoms with van der Waals surface area (Å²) in [6.45, 7) is 6.89. The normalized spacial score (nSPS) is 20.6. The van der Waals surface area contributed by atoms with Crippen LogP contribution in [-0.4, -0.2) is 36.5 Å². The van der Waals surface area contributed by atoms with Crippen LogP contribution in [0, 0.1) is 11.7 Å². The fourth-order valence-corrected chi connectivity index (χ4v) is 3.10. The van der Waals surface area contributed by atoms with Crippen LogP contribution < -0.4 is 5.32 Å². The van der Waals surface area contributed by atoms with Crippen molar-refractivity contribution in [1.29, 1.82) is 0 Å². The lowest BCUT2D eigenvalue weighted by Gasteiger charge is -2.33. The molecule has 3 nitrogen and oxygen atoms in total. The van der Waals surface area contributed by atoms with Gasteiger partial charge in [0, 0.05) is 25.0 Å². The number of likely N-dealkylation sites (tertiary alicyclic amines) is 1. The first kappa shape index (κ1) is 16.9. The molecule has 1 saturated heterocycles. The number of nitrogens with one attached hydrogen (secondary N) is 1. The summed E-state index contributed by atoms with van der Waals surface area (Å²) in [5.74, 6) is -0.335. The number of halogens is 1. The van der Waals surface area contributed by atoms with E-state index in [0.717, 1.165) is 18.7 Å². The summed E-state index contributed by atoms with van der Waals surface area (Å²) in [6, 6.07) is 7.10. The van der Waals surface area contributed by atoms with Crippen LogP contribution in [-0.2, 0) is 11.2 Å². The molecule has 2 rings (SSSR count). The minimum absolute atomic E-state index is 0.0499. The number of carbonyl (C=O) groups is 1. The first-order valence-electron chi connectivity index (χ1n) is 8.32. The largest absolute Gasteiger partial charge is 0.355 e. The zero-order valence-corrected chi connectivity index (χ0v) is 13.6. The second kappa shape index (κ2) is 8.28. The Balaban J connectivity index is 1.72. The van der Waals surface area contributed by atoms with Gasteiger partial charge >= 0.3 is 0 Å². The van der Waals surface area contributed by atoms with E-state index < -0.39 is 0 Å². The molecule has 122 valence electrons. The van der Waals surface area contributed by atoms with Gasteiger partial charge in [-0.3, -0.25) is 9.69 Å². The van der Waals surface area contributed by atoms with Gasteiger partial charge in [-0.25, -0.2) is 4.39 Å². The molecule has 22 heavy (non-hydrogen) atoms.